The van der Waals surface area contributed by atoms with E-state index in [0.29, 0.717) is 19.7 Å². The lowest BCUT2D eigenvalue weighted by Crippen LogP contribution is -2.46. The van der Waals surface area contributed by atoms with Crippen LogP contribution in [-0.4, -0.2) is 25.7 Å². The van der Waals surface area contributed by atoms with E-state index in [-0.39, 0.29) is 5.91 Å². The van der Waals surface area contributed by atoms with E-state index in [1.165, 1.54) is 0 Å². The molecule has 1 amide bonds. The molecule has 1 heterocycles. The van der Waals surface area contributed by atoms with E-state index < -0.39 is 6.04 Å². The van der Waals surface area contributed by atoms with Crippen molar-refractivity contribution in [1.29, 1.82) is 0 Å². The maximum atomic E-state index is 12.4. The van der Waals surface area contributed by atoms with Gasteiger partial charge in [-0.15, -0.1) is 0 Å². The molecule has 0 saturated carbocycles. The van der Waals surface area contributed by atoms with Crippen molar-refractivity contribution in [3.8, 4) is 0 Å². The van der Waals surface area contributed by atoms with Crippen molar-refractivity contribution in [2.75, 3.05) is 13.7 Å². The summed E-state index contributed by atoms with van der Waals surface area (Å²) in [6.45, 7) is 1.24. The lowest BCUT2D eigenvalue weighted by atomic mass is 10.2. The number of nitrogens with one attached hydrogen (secondary N) is 2. The average molecular weight is 338 g/mol. The number of methoxy groups -OCH3 is 1. The fraction of sp³-hybridized carbons (Fsp3) is 0.250. The van der Waals surface area contributed by atoms with Crippen molar-refractivity contribution in [3.63, 3.8) is 0 Å². The zero-order valence-corrected chi connectivity index (χ0v) is 14.2. The normalized spacial score (nSPS) is 12.2. The molecule has 0 fully saturated rings. The van der Waals surface area contributed by atoms with Crippen LogP contribution in [-0.2, 0) is 22.6 Å². The minimum atomic E-state index is -0.443. The Hall–Kier alpha value is -2.63. The molecule has 25 heavy (non-hydrogen) atoms. The summed E-state index contributed by atoms with van der Waals surface area (Å²) >= 11 is 0. The third-order valence-electron chi connectivity index (χ3n) is 3.96. The number of benzene rings is 2. The Labute approximate surface area is 147 Å². The molecule has 3 aromatic rings. The zero-order valence-electron chi connectivity index (χ0n) is 14.2. The van der Waals surface area contributed by atoms with Crippen LogP contribution >= 0.6 is 0 Å². The first-order chi connectivity index (χ1) is 12.3. The number of ether oxygens (including phenoxy) is 1. The van der Waals surface area contributed by atoms with Crippen LogP contribution < -0.4 is 10.6 Å². The summed E-state index contributed by atoms with van der Waals surface area (Å²) in [4.78, 5) is 12.4. The molecule has 0 spiro atoms. The molecular formula is C20H22N2O3. The van der Waals surface area contributed by atoms with E-state index in [4.69, 9.17) is 9.15 Å². The summed E-state index contributed by atoms with van der Waals surface area (Å²) in [7, 11) is 1.58. The topological polar surface area (TPSA) is 63.5 Å². The summed E-state index contributed by atoms with van der Waals surface area (Å²) in [5.74, 6) is 0.694. The number of hydrogen-bond acceptors (Lipinski definition) is 4. The number of hydrogen-bond donors (Lipinski definition) is 2. The van der Waals surface area contributed by atoms with Crippen molar-refractivity contribution in [2.45, 2.75) is 19.1 Å². The van der Waals surface area contributed by atoms with Gasteiger partial charge in [0.25, 0.3) is 0 Å². The summed E-state index contributed by atoms with van der Waals surface area (Å²) in [6.07, 6.45) is 0. The van der Waals surface area contributed by atoms with Crippen molar-refractivity contribution < 1.29 is 13.9 Å². The number of para-hydroxylation sites is 1. The number of carbonyl (C=O) groups excluding carboxylic acids is 1. The van der Waals surface area contributed by atoms with Gasteiger partial charge in [-0.2, -0.15) is 0 Å². The molecular weight excluding hydrogens is 316 g/mol. The first-order valence-electron chi connectivity index (χ1n) is 8.27. The molecule has 0 aliphatic rings. The van der Waals surface area contributed by atoms with Gasteiger partial charge in [0.05, 0.1) is 13.2 Å². The number of amides is 1. The lowest BCUT2D eigenvalue weighted by Gasteiger charge is -2.17. The van der Waals surface area contributed by atoms with Crippen LogP contribution in [0.3, 0.4) is 0 Å². The Kier molecular flexibility index (Phi) is 5.82. The van der Waals surface area contributed by atoms with Crippen LogP contribution in [0.1, 0.15) is 11.3 Å². The quantitative estimate of drug-likeness (QED) is 0.663. The highest BCUT2D eigenvalue weighted by atomic mass is 16.5. The third-order valence-corrected chi connectivity index (χ3v) is 3.96. The Morgan fingerprint density at radius 3 is 2.60 bits per heavy atom. The average Bonchev–Trinajstić information content (AvgIpc) is 3.07. The smallest absolute Gasteiger partial charge is 0.239 e. The minimum absolute atomic E-state index is 0.0955. The predicted molar refractivity (Wildman–Crippen MR) is 97.0 cm³/mol. The van der Waals surface area contributed by atoms with Gasteiger partial charge in [-0.05, 0) is 17.7 Å². The lowest BCUT2D eigenvalue weighted by molar-refractivity contribution is -0.124. The van der Waals surface area contributed by atoms with E-state index in [1.54, 1.807) is 7.11 Å². The van der Waals surface area contributed by atoms with Gasteiger partial charge in [0, 0.05) is 19.0 Å². The van der Waals surface area contributed by atoms with Crippen molar-refractivity contribution in [2.24, 2.45) is 0 Å². The highest BCUT2D eigenvalue weighted by molar-refractivity contribution is 5.82. The molecule has 1 aromatic heterocycles. The van der Waals surface area contributed by atoms with Crippen LogP contribution in [0.25, 0.3) is 11.0 Å². The summed E-state index contributed by atoms with van der Waals surface area (Å²) in [6, 6.07) is 19.2. The monoisotopic (exact) mass is 338 g/mol. The number of fused-ring (bicyclic) bond motifs is 1. The van der Waals surface area contributed by atoms with Gasteiger partial charge >= 0.3 is 0 Å². The number of rotatable bonds is 8. The molecule has 5 heteroatoms. The van der Waals surface area contributed by atoms with Gasteiger partial charge in [0.2, 0.25) is 5.91 Å². The van der Waals surface area contributed by atoms with Crippen LogP contribution in [0.15, 0.2) is 65.1 Å². The molecule has 2 aromatic carbocycles. The fourth-order valence-corrected chi connectivity index (χ4v) is 2.65. The van der Waals surface area contributed by atoms with Gasteiger partial charge in [0.1, 0.15) is 17.4 Å². The highest BCUT2D eigenvalue weighted by Gasteiger charge is 2.18. The Bertz CT molecular complexity index is 781. The van der Waals surface area contributed by atoms with Crippen LogP contribution in [0.4, 0.5) is 0 Å². The minimum Gasteiger partial charge on any atom is -0.460 e. The SMILES string of the molecule is COC[C@H](NCc1cc2ccccc2o1)C(=O)NCc1ccccc1. The molecule has 3 rings (SSSR count). The molecule has 0 bridgehead atoms. The van der Waals surface area contributed by atoms with E-state index in [9.17, 15) is 4.79 Å². The second-order valence-electron chi connectivity index (χ2n) is 5.84. The van der Waals surface area contributed by atoms with Crippen molar-refractivity contribution in [1.82, 2.24) is 10.6 Å². The number of furan rings is 1. The van der Waals surface area contributed by atoms with Gasteiger partial charge in [0.15, 0.2) is 0 Å². The van der Waals surface area contributed by atoms with Crippen LogP contribution in [0, 0.1) is 0 Å². The van der Waals surface area contributed by atoms with Crippen LogP contribution in [0.2, 0.25) is 0 Å². The predicted octanol–water partition coefficient (Wildman–Crippen LogP) is 2.85. The van der Waals surface area contributed by atoms with Crippen molar-refractivity contribution >= 4 is 16.9 Å². The highest BCUT2D eigenvalue weighted by Crippen LogP contribution is 2.18. The van der Waals surface area contributed by atoms with E-state index >= 15 is 0 Å². The standard InChI is InChI=1S/C20H22N2O3/c1-24-14-18(20(23)22-12-15-7-3-2-4-8-15)21-13-17-11-16-9-5-6-10-19(16)25-17/h2-11,18,21H,12-14H2,1H3,(H,22,23)/t18-/m0/s1. The van der Waals surface area contributed by atoms with E-state index in [1.807, 2.05) is 60.7 Å². The third kappa shape index (κ3) is 4.68. The molecule has 0 unspecified atom stereocenters. The maximum absolute atomic E-state index is 12.4. The van der Waals surface area contributed by atoms with Gasteiger partial charge < -0.3 is 14.5 Å². The Morgan fingerprint density at radius 1 is 1.08 bits per heavy atom. The summed E-state index contributed by atoms with van der Waals surface area (Å²) in [5.41, 5.74) is 1.90. The Morgan fingerprint density at radius 2 is 1.84 bits per heavy atom. The van der Waals surface area contributed by atoms with E-state index in [0.717, 1.165) is 22.3 Å². The van der Waals surface area contributed by atoms with Crippen LogP contribution in [0.5, 0.6) is 0 Å². The summed E-state index contributed by atoms with van der Waals surface area (Å²) < 4.78 is 10.9. The molecule has 0 aliphatic heterocycles. The van der Waals surface area contributed by atoms with Gasteiger partial charge in [-0.1, -0.05) is 48.5 Å². The molecule has 0 saturated heterocycles. The first-order valence-corrected chi connectivity index (χ1v) is 8.27. The maximum Gasteiger partial charge on any atom is 0.239 e. The van der Waals surface area contributed by atoms with Gasteiger partial charge in [-0.25, -0.2) is 0 Å². The van der Waals surface area contributed by atoms with Crippen molar-refractivity contribution in [3.05, 3.63) is 72.0 Å². The number of carbonyl (C=O) groups is 1. The molecule has 0 radical (unpaired) electrons. The summed E-state index contributed by atoms with van der Waals surface area (Å²) in [5, 5.41) is 7.19. The molecule has 1 atom stereocenters. The fourth-order valence-electron chi connectivity index (χ4n) is 2.65. The zero-order chi connectivity index (χ0) is 17.5. The second-order valence-corrected chi connectivity index (χ2v) is 5.84. The molecule has 5 nitrogen and oxygen atoms in total. The molecule has 130 valence electrons. The second kappa shape index (κ2) is 8.46. The molecule has 0 aliphatic carbocycles. The largest absolute Gasteiger partial charge is 0.460 e. The molecule has 2 N–H and O–H groups in total. The van der Waals surface area contributed by atoms with Gasteiger partial charge in [-0.3, -0.25) is 10.1 Å². The first kappa shape index (κ1) is 17.2. The Balaban J connectivity index is 1.57. The van der Waals surface area contributed by atoms with E-state index in [2.05, 4.69) is 10.6 Å².